The predicted molar refractivity (Wildman–Crippen MR) is 110 cm³/mol. The predicted octanol–water partition coefficient (Wildman–Crippen LogP) is 1.80. The quantitative estimate of drug-likeness (QED) is 0.702. The SMILES string of the molecule is CCOC(=O)c1c(NC(=O)CN2CCN(C(=O)[C@@H]3CCCO3)CC2)sc(C)c1C. The second-order valence-electron chi connectivity index (χ2n) is 7.36. The molecule has 2 amide bonds. The third-order valence-electron chi connectivity index (χ3n) is 5.37. The van der Waals surface area contributed by atoms with Gasteiger partial charge < -0.3 is 19.7 Å². The van der Waals surface area contributed by atoms with Gasteiger partial charge in [0.25, 0.3) is 5.91 Å². The molecule has 0 radical (unpaired) electrons. The Kier molecular flexibility index (Phi) is 7.26. The maximum atomic E-state index is 12.6. The zero-order valence-corrected chi connectivity index (χ0v) is 18.1. The lowest BCUT2D eigenvalue weighted by Crippen LogP contribution is -2.52. The van der Waals surface area contributed by atoms with Crippen LogP contribution in [-0.4, -0.2) is 79.6 Å². The molecule has 1 N–H and O–H groups in total. The summed E-state index contributed by atoms with van der Waals surface area (Å²) in [5.74, 6) is -0.517. The number of ether oxygens (including phenoxy) is 2. The van der Waals surface area contributed by atoms with Crippen LogP contribution < -0.4 is 5.32 Å². The van der Waals surface area contributed by atoms with Gasteiger partial charge in [-0.2, -0.15) is 0 Å². The van der Waals surface area contributed by atoms with Crippen LogP contribution in [0.15, 0.2) is 0 Å². The first-order valence-electron chi connectivity index (χ1n) is 10.1. The molecule has 2 aliphatic heterocycles. The molecule has 0 spiro atoms. The van der Waals surface area contributed by atoms with Gasteiger partial charge in [-0.1, -0.05) is 0 Å². The van der Waals surface area contributed by atoms with E-state index in [0.29, 0.717) is 43.4 Å². The highest BCUT2D eigenvalue weighted by Crippen LogP contribution is 2.33. The summed E-state index contributed by atoms with van der Waals surface area (Å²) in [5, 5.41) is 3.41. The molecular formula is C20H29N3O5S. The molecule has 3 rings (SSSR count). The summed E-state index contributed by atoms with van der Waals surface area (Å²) in [6.07, 6.45) is 1.44. The molecule has 0 bridgehead atoms. The van der Waals surface area contributed by atoms with E-state index in [1.165, 1.54) is 11.3 Å². The highest BCUT2D eigenvalue weighted by atomic mass is 32.1. The Labute approximate surface area is 175 Å². The smallest absolute Gasteiger partial charge is 0.341 e. The van der Waals surface area contributed by atoms with Crippen molar-refractivity contribution in [3.63, 3.8) is 0 Å². The van der Waals surface area contributed by atoms with E-state index in [0.717, 1.165) is 23.3 Å². The first-order chi connectivity index (χ1) is 13.9. The molecule has 0 unspecified atom stereocenters. The lowest BCUT2D eigenvalue weighted by atomic mass is 10.1. The Morgan fingerprint density at radius 1 is 1.21 bits per heavy atom. The largest absolute Gasteiger partial charge is 0.462 e. The summed E-state index contributed by atoms with van der Waals surface area (Å²) < 4.78 is 10.6. The van der Waals surface area contributed by atoms with Gasteiger partial charge in [-0.25, -0.2) is 4.79 Å². The van der Waals surface area contributed by atoms with Crippen molar-refractivity contribution in [2.24, 2.45) is 0 Å². The van der Waals surface area contributed by atoms with Crippen LogP contribution >= 0.6 is 11.3 Å². The number of thiophene rings is 1. The van der Waals surface area contributed by atoms with Crippen molar-refractivity contribution >= 4 is 34.1 Å². The topological polar surface area (TPSA) is 88.2 Å². The van der Waals surface area contributed by atoms with Crippen LogP contribution in [0, 0.1) is 13.8 Å². The molecular weight excluding hydrogens is 394 g/mol. The third-order valence-corrected chi connectivity index (χ3v) is 6.50. The van der Waals surface area contributed by atoms with Crippen LogP contribution in [0.2, 0.25) is 0 Å². The molecule has 1 aromatic rings. The Balaban J connectivity index is 1.52. The number of piperazine rings is 1. The van der Waals surface area contributed by atoms with Gasteiger partial charge in [0.2, 0.25) is 5.91 Å². The van der Waals surface area contributed by atoms with E-state index in [-0.39, 0.29) is 31.1 Å². The molecule has 2 fully saturated rings. The average Bonchev–Trinajstić information content (AvgIpc) is 3.31. The van der Waals surface area contributed by atoms with E-state index in [9.17, 15) is 14.4 Å². The van der Waals surface area contributed by atoms with E-state index >= 15 is 0 Å². The highest BCUT2D eigenvalue weighted by molar-refractivity contribution is 7.16. The number of esters is 1. The summed E-state index contributed by atoms with van der Waals surface area (Å²) in [7, 11) is 0. The first kappa shape index (κ1) is 21.7. The third kappa shape index (κ3) is 5.15. The number of hydrogen-bond donors (Lipinski definition) is 1. The van der Waals surface area contributed by atoms with Crippen molar-refractivity contribution in [1.82, 2.24) is 9.80 Å². The van der Waals surface area contributed by atoms with Gasteiger partial charge in [-0.15, -0.1) is 11.3 Å². The number of nitrogens with zero attached hydrogens (tertiary/aromatic N) is 2. The van der Waals surface area contributed by atoms with Gasteiger partial charge in [0, 0.05) is 37.7 Å². The number of amides is 2. The minimum absolute atomic E-state index is 0.0650. The number of rotatable bonds is 6. The molecule has 1 atom stereocenters. The molecule has 9 heteroatoms. The average molecular weight is 424 g/mol. The monoisotopic (exact) mass is 423 g/mol. The number of hydrogen-bond acceptors (Lipinski definition) is 7. The fourth-order valence-electron chi connectivity index (χ4n) is 3.64. The van der Waals surface area contributed by atoms with Crippen molar-refractivity contribution in [3.8, 4) is 0 Å². The number of nitrogens with one attached hydrogen (secondary N) is 1. The highest BCUT2D eigenvalue weighted by Gasteiger charge is 2.31. The Morgan fingerprint density at radius 2 is 1.93 bits per heavy atom. The molecule has 0 aromatic carbocycles. The zero-order valence-electron chi connectivity index (χ0n) is 17.3. The van der Waals surface area contributed by atoms with E-state index < -0.39 is 5.97 Å². The minimum Gasteiger partial charge on any atom is -0.462 e. The number of carbonyl (C=O) groups is 3. The maximum Gasteiger partial charge on any atom is 0.341 e. The van der Waals surface area contributed by atoms with Crippen LogP contribution in [0.3, 0.4) is 0 Å². The van der Waals surface area contributed by atoms with Gasteiger partial charge >= 0.3 is 5.97 Å². The van der Waals surface area contributed by atoms with Crippen molar-refractivity contribution in [2.75, 3.05) is 51.3 Å². The molecule has 8 nitrogen and oxygen atoms in total. The molecule has 2 saturated heterocycles. The van der Waals surface area contributed by atoms with Crippen LogP contribution in [0.25, 0.3) is 0 Å². The Bertz CT molecular complexity index is 764. The standard InChI is InChI=1S/C20H29N3O5S/c1-4-27-20(26)17-13(2)14(3)29-18(17)21-16(24)12-22-7-9-23(10-8-22)19(25)15-6-5-11-28-15/h15H,4-12H2,1-3H3,(H,21,24)/t15-/m0/s1. The molecule has 0 saturated carbocycles. The van der Waals surface area contributed by atoms with Crippen molar-refractivity contribution in [2.45, 2.75) is 39.7 Å². The summed E-state index contributed by atoms with van der Waals surface area (Å²) in [6, 6.07) is 0. The van der Waals surface area contributed by atoms with Crippen molar-refractivity contribution in [3.05, 3.63) is 16.0 Å². The van der Waals surface area contributed by atoms with E-state index in [1.54, 1.807) is 6.92 Å². The summed E-state index contributed by atoms with van der Waals surface area (Å²) >= 11 is 1.39. The second-order valence-corrected chi connectivity index (χ2v) is 8.58. The van der Waals surface area contributed by atoms with E-state index in [2.05, 4.69) is 5.32 Å². The van der Waals surface area contributed by atoms with Gasteiger partial charge in [0.15, 0.2) is 0 Å². The van der Waals surface area contributed by atoms with Crippen molar-refractivity contribution in [1.29, 1.82) is 0 Å². The minimum atomic E-state index is -0.411. The summed E-state index contributed by atoms with van der Waals surface area (Å²) in [6.45, 7) is 9.17. The van der Waals surface area contributed by atoms with Gasteiger partial charge in [0.05, 0.1) is 18.7 Å². The van der Waals surface area contributed by atoms with E-state index in [4.69, 9.17) is 9.47 Å². The van der Waals surface area contributed by atoms with Gasteiger partial charge in [-0.05, 0) is 39.2 Å². The number of aryl methyl sites for hydroxylation is 1. The number of anilines is 1. The van der Waals surface area contributed by atoms with Crippen LogP contribution in [-0.2, 0) is 19.1 Å². The molecule has 29 heavy (non-hydrogen) atoms. The van der Waals surface area contributed by atoms with Crippen molar-refractivity contribution < 1.29 is 23.9 Å². The fourth-order valence-corrected chi connectivity index (χ4v) is 4.70. The fraction of sp³-hybridized carbons (Fsp3) is 0.650. The van der Waals surface area contributed by atoms with Crippen LogP contribution in [0.4, 0.5) is 5.00 Å². The lowest BCUT2D eigenvalue weighted by molar-refractivity contribution is -0.142. The Morgan fingerprint density at radius 3 is 2.55 bits per heavy atom. The van der Waals surface area contributed by atoms with Crippen LogP contribution in [0.1, 0.15) is 40.6 Å². The number of carbonyl (C=O) groups excluding carboxylic acids is 3. The normalized spacial score (nSPS) is 20.0. The summed E-state index contributed by atoms with van der Waals surface area (Å²) in [4.78, 5) is 42.1. The summed E-state index contributed by atoms with van der Waals surface area (Å²) in [5.41, 5.74) is 1.28. The molecule has 1 aromatic heterocycles. The second kappa shape index (κ2) is 9.69. The van der Waals surface area contributed by atoms with Gasteiger partial charge in [0.1, 0.15) is 11.1 Å². The van der Waals surface area contributed by atoms with Crippen LogP contribution in [0.5, 0.6) is 0 Å². The molecule has 0 aliphatic carbocycles. The van der Waals surface area contributed by atoms with Gasteiger partial charge in [-0.3, -0.25) is 14.5 Å². The molecule has 3 heterocycles. The Hall–Kier alpha value is -1.97. The maximum absolute atomic E-state index is 12.6. The molecule has 160 valence electrons. The lowest BCUT2D eigenvalue weighted by Gasteiger charge is -2.35. The van der Waals surface area contributed by atoms with E-state index in [1.807, 2.05) is 23.6 Å². The molecule has 2 aliphatic rings. The zero-order chi connectivity index (χ0) is 21.0. The first-order valence-corrected chi connectivity index (χ1v) is 10.9.